The fourth-order valence-electron chi connectivity index (χ4n) is 1.05. The smallest absolute Gasteiger partial charge is 0.00218 e. The van der Waals surface area contributed by atoms with Gasteiger partial charge in [-0.2, -0.15) is 0 Å². The fourth-order valence-corrected chi connectivity index (χ4v) is 1.05. The van der Waals surface area contributed by atoms with E-state index in [4.69, 9.17) is 5.73 Å². The Labute approximate surface area is 70.1 Å². The molecule has 11 heavy (non-hydrogen) atoms. The summed E-state index contributed by atoms with van der Waals surface area (Å²) >= 11 is 0. The van der Waals surface area contributed by atoms with Gasteiger partial charge in [0.2, 0.25) is 0 Å². The van der Waals surface area contributed by atoms with E-state index in [0.717, 1.165) is 0 Å². The van der Waals surface area contributed by atoms with Gasteiger partial charge in [0.15, 0.2) is 0 Å². The van der Waals surface area contributed by atoms with Gasteiger partial charge in [-0.3, -0.25) is 0 Å². The van der Waals surface area contributed by atoms with Crippen molar-refractivity contribution >= 4 is 0 Å². The topological polar surface area (TPSA) is 29.3 Å². The zero-order chi connectivity index (χ0) is 8.69. The van der Waals surface area contributed by atoms with Crippen molar-refractivity contribution in [3.05, 3.63) is 12.3 Å². The highest BCUT2D eigenvalue weighted by molar-refractivity contribution is 4.76. The first-order chi connectivity index (χ1) is 5.13. The summed E-state index contributed by atoms with van der Waals surface area (Å²) in [5.41, 5.74) is 5.58. The molecular formula is C9H20N2. The van der Waals surface area contributed by atoms with Crippen molar-refractivity contribution in [3.63, 3.8) is 0 Å². The monoisotopic (exact) mass is 156 g/mol. The zero-order valence-electron chi connectivity index (χ0n) is 7.77. The summed E-state index contributed by atoms with van der Waals surface area (Å²) in [4.78, 5) is 2.39. The van der Waals surface area contributed by atoms with E-state index >= 15 is 0 Å². The van der Waals surface area contributed by atoms with Crippen molar-refractivity contribution in [2.24, 2.45) is 5.73 Å². The van der Waals surface area contributed by atoms with E-state index in [2.05, 4.69) is 18.5 Å². The first kappa shape index (κ1) is 10.5. The fraction of sp³-hybridized carbons (Fsp3) is 0.778. The maximum absolute atomic E-state index is 4.92. The lowest BCUT2D eigenvalue weighted by Gasteiger charge is -2.20. The molecule has 2 heteroatoms. The number of hydrogen-bond donors (Lipinski definition) is 1. The van der Waals surface area contributed by atoms with Gasteiger partial charge in [-0.25, -0.2) is 0 Å². The number of rotatable bonds is 0. The minimum Gasteiger partial charge on any atom is -0.403 e. The summed E-state index contributed by atoms with van der Waals surface area (Å²) in [6.45, 7) is 7.72. The summed E-state index contributed by atoms with van der Waals surface area (Å²) in [7, 11) is 2.19. The molecule has 2 N–H and O–H groups in total. The van der Waals surface area contributed by atoms with Crippen LogP contribution in [0.1, 0.15) is 26.2 Å². The number of nitrogens with zero attached hydrogens (tertiary/aromatic N) is 1. The molecule has 1 aliphatic rings. The molecular weight excluding hydrogens is 136 g/mol. The molecule has 1 heterocycles. The van der Waals surface area contributed by atoms with Gasteiger partial charge in [0.1, 0.15) is 0 Å². The predicted molar refractivity (Wildman–Crippen MR) is 50.3 cm³/mol. The van der Waals surface area contributed by atoms with Crippen LogP contribution in [-0.2, 0) is 0 Å². The summed E-state index contributed by atoms with van der Waals surface area (Å²) in [5, 5.41) is 0. The second-order valence-electron chi connectivity index (χ2n) is 3.21. The van der Waals surface area contributed by atoms with Crippen LogP contribution in [0.25, 0.3) is 0 Å². The molecule has 0 saturated carbocycles. The Bertz CT molecular complexity index is 100. The van der Waals surface area contributed by atoms with Crippen molar-refractivity contribution < 1.29 is 0 Å². The second kappa shape index (κ2) is 6.23. The van der Waals surface area contributed by atoms with Crippen LogP contribution in [0.5, 0.6) is 0 Å². The average molecular weight is 156 g/mol. The Morgan fingerprint density at radius 2 is 1.64 bits per heavy atom. The lowest BCUT2D eigenvalue weighted by Crippen LogP contribution is -2.24. The first-order valence-corrected chi connectivity index (χ1v) is 4.22. The standard InChI is InChI=1S/C6H13N.C3H7N/c1-7-5-3-2-4-6-7;1-3(2)4/h2-6H2,1H3;1,4H2,2H3. The largest absolute Gasteiger partial charge is 0.403 e. The lowest BCUT2D eigenvalue weighted by molar-refractivity contribution is 0.277. The third kappa shape index (κ3) is 9.50. The van der Waals surface area contributed by atoms with Crippen LogP contribution in [0.15, 0.2) is 12.3 Å². The van der Waals surface area contributed by atoms with Gasteiger partial charge < -0.3 is 10.6 Å². The Morgan fingerprint density at radius 3 is 1.82 bits per heavy atom. The van der Waals surface area contributed by atoms with Crippen LogP contribution in [0, 0.1) is 0 Å². The molecule has 0 bridgehead atoms. The molecule has 0 aromatic heterocycles. The molecule has 0 aromatic carbocycles. The van der Waals surface area contributed by atoms with Crippen LogP contribution in [-0.4, -0.2) is 25.0 Å². The molecule has 1 rings (SSSR count). The van der Waals surface area contributed by atoms with Gasteiger partial charge in [0.25, 0.3) is 0 Å². The minimum atomic E-state index is 0.667. The number of piperidine rings is 1. The third-order valence-corrected chi connectivity index (χ3v) is 1.58. The molecule has 1 aliphatic heterocycles. The maximum atomic E-state index is 4.92. The van der Waals surface area contributed by atoms with Gasteiger partial charge >= 0.3 is 0 Å². The van der Waals surface area contributed by atoms with E-state index in [1.807, 2.05) is 0 Å². The van der Waals surface area contributed by atoms with Gasteiger partial charge in [0.05, 0.1) is 0 Å². The zero-order valence-corrected chi connectivity index (χ0v) is 7.77. The molecule has 0 spiro atoms. The van der Waals surface area contributed by atoms with E-state index in [9.17, 15) is 0 Å². The Morgan fingerprint density at radius 1 is 1.27 bits per heavy atom. The molecule has 0 aliphatic carbocycles. The van der Waals surface area contributed by atoms with E-state index < -0.39 is 0 Å². The van der Waals surface area contributed by atoms with Crippen LogP contribution in [0.2, 0.25) is 0 Å². The SMILES string of the molecule is C=C(C)N.CN1CCCCC1. The van der Waals surface area contributed by atoms with E-state index in [1.165, 1.54) is 32.4 Å². The van der Waals surface area contributed by atoms with Crippen molar-refractivity contribution in [3.8, 4) is 0 Å². The summed E-state index contributed by atoms with van der Waals surface area (Å²) in [6, 6.07) is 0. The highest BCUT2D eigenvalue weighted by atomic mass is 15.1. The van der Waals surface area contributed by atoms with Crippen LogP contribution >= 0.6 is 0 Å². The molecule has 0 amide bonds. The van der Waals surface area contributed by atoms with Crippen molar-refractivity contribution in [1.82, 2.24) is 4.90 Å². The normalized spacial score (nSPS) is 18.4. The third-order valence-electron chi connectivity index (χ3n) is 1.58. The van der Waals surface area contributed by atoms with Crippen molar-refractivity contribution in [1.29, 1.82) is 0 Å². The van der Waals surface area contributed by atoms with E-state index in [1.54, 1.807) is 6.92 Å². The van der Waals surface area contributed by atoms with Gasteiger partial charge in [-0.1, -0.05) is 13.0 Å². The van der Waals surface area contributed by atoms with Gasteiger partial charge in [0, 0.05) is 0 Å². The Hall–Kier alpha value is -0.500. The lowest BCUT2D eigenvalue weighted by atomic mass is 10.1. The average Bonchev–Trinajstić information content (AvgIpc) is 1.87. The summed E-state index contributed by atoms with van der Waals surface area (Å²) < 4.78 is 0. The molecule has 0 radical (unpaired) electrons. The second-order valence-corrected chi connectivity index (χ2v) is 3.21. The number of nitrogens with two attached hydrogens (primary N) is 1. The summed E-state index contributed by atoms with van der Waals surface area (Å²) in [6.07, 6.45) is 4.28. The van der Waals surface area contributed by atoms with Gasteiger partial charge in [-0.05, 0) is 45.6 Å². The number of likely N-dealkylation sites (tertiary alicyclic amines) is 1. The first-order valence-electron chi connectivity index (χ1n) is 4.22. The summed E-state index contributed by atoms with van der Waals surface area (Å²) in [5.74, 6) is 0. The molecule has 0 unspecified atom stereocenters. The Balaban J connectivity index is 0.000000218. The van der Waals surface area contributed by atoms with E-state index in [0.29, 0.717) is 5.70 Å². The highest BCUT2D eigenvalue weighted by Gasteiger charge is 2.02. The molecule has 1 fully saturated rings. The maximum Gasteiger partial charge on any atom is -0.00218 e. The molecule has 1 saturated heterocycles. The number of allylic oxidation sites excluding steroid dienone is 1. The van der Waals surface area contributed by atoms with Crippen LogP contribution in [0.4, 0.5) is 0 Å². The molecule has 0 aromatic rings. The highest BCUT2D eigenvalue weighted by Crippen LogP contribution is 2.04. The van der Waals surface area contributed by atoms with E-state index in [-0.39, 0.29) is 0 Å². The molecule has 2 nitrogen and oxygen atoms in total. The Kier molecular flexibility index (Phi) is 5.94. The molecule has 0 atom stereocenters. The quantitative estimate of drug-likeness (QED) is 0.577. The minimum absolute atomic E-state index is 0.667. The van der Waals surface area contributed by atoms with Crippen molar-refractivity contribution in [2.45, 2.75) is 26.2 Å². The predicted octanol–water partition coefficient (Wildman–Crippen LogP) is 1.58. The van der Waals surface area contributed by atoms with Crippen LogP contribution < -0.4 is 5.73 Å². The molecule has 66 valence electrons. The van der Waals surface area contributed by atoms with Gasteiger partial charge in [-0.15, -0.1) is 0 Å². The number of hydrogen-bond acceptors (Lipinski definition) is 2. The van der Waals surface area contributed by atoms with Crippen molar-refractivity contribution in [2.75, 3.05) is 20.1 Å². The van der Waals surface area contributed by atoms with Crippen LogP contribution in [0.3, 0.4) is 0 Å².